The normalized spacial score (nSPS) is 15.0. The third-order valence-corrected chi connectivity index (χ3v) is 4.25. The average molecular weight is 338 g/mol. The third-order valence-electron chi connectivity index (χ3n) is 3.67. The third kappa shape index (κ3) is 16.4. The lowest BCUT2D eigenvalue weighted by molar-refractivity contribution is -0.113. The van der Waals surface area contributed by atoms with E-state index in [2.05, 4.69) is 11.4 Å². The molecule has 6 heteroatoms. The number of phosphoric ester groups is 1. The molecule has 22 heavy (non-hydrogen) atoms. The molecule has 2 atom stereocenters. The summed E-state index contributed by atoms with van der Waals surface area (Å²) in [5.74, 6) is 0. The van der Waals surface area contributed by atoms with Crippen molar-refractivity contribution in [1.29, 1.82) is 0 Å². The first kappa shape index (κ1) is 22.1. The minimum Gasteiger partial charge on any atom is -0.349 e. The van der Waals surface area contributed by atoms with E-state index in [1.54, 1.807) is 0 Å². The fourth-order valence-electron chi connectivity index (χ4n) is 2.53. The van der Waals surface area contributed by atoms with Gasteiger partial charge < -0.3 is 14.5 Å². The molecule has 0 radical (unpaired) electrons. The number of phosphoric acid groups is 1. The van der Waals surface area contributed by atoms with Gasteiger partial charge in [-0.25, -0.2) is 4.57 Å². The van der Waals surface area contributed by atoms with Crippen LogP contribution >= 0.6 is 7.82 Å². The first-order valence-electron chi connectivity index (χ1n) is 8.74. The first-order valence-corrected chi connectivity index (χ1v) is 10.3. The molecular weight excluding hydrogens is 303 g/mol. The van der Waals surface area contributed by atoms with Crippen LogP contribution in [0.3, 0.4) is 0 Å². The molecule has 0 aromatic rings. The second kappa shape index (κ2) is 13.5. The molecule has 0 aromatic carbocycles. The van der Waals surface area contributed by atoms with Crippen LogP contribution in [0.1, 0.15) is 91.4 Å². The maximum Gasteiger partial charge on any atom is 0.471 e. The second-order valence-electron chi connectivity index (χ2n) is 6.08. The molecule has 0 rings (SSSR count). The summed E-state index contributed by atoms with van der Waals surface area (Å²) < 4.78 is 20.5. The Morgan fingerprint density at radius 3 is 1.77 bits per heavy atom. The maximum absolute atomic E-state index is 10.7. The van der Waals surface area contributed by atoms with Crippen LogP contribution in [0.4, 0.5) is 0 Å². The highest BCUT2D eigenvalue weighted by Crippen LogP contribution is 2.37. The van der Waals surface area contributed by atoms with Gasteiger partial charge in [-0.15, -0.1) is 0 Å². The molecule has 0 spiro atoms. The predicted octanol–water partition coefficient (Wildman–Crippen LogP) is 5.16. The largest absolute Gasteiger partial charge is 0.471 e. The second-order valence-corrected chi connectivity index (χ2v) is 7.27. The van der Waals surface area contributed by atoms with E-state index in [1.807, 2.05) is 6.92 Å². The number of rotatable bonds is 15. The highest BCUT2D eigenvalue weighted by molar-refractivity contribution is 7.46. The summed E-state index contributed by atoms with van der Waals surface area (Å²) in [7, 11) is -4.46. The highest BCUT2D eigenvalue weighted by atomic mass is 31.2. The minimum absolute atomic E-state index is 0.0457. The molecule has 0 aliphatic carbocycles. The molecule has 0 amide bonds. The van der Waals surface area contributed by atoms with E-state index in [0.717, 1.165) is 12.8 Å². The molecule has 0 fully saturated rings. The molecule has 0 saturated carbocycles. The summed E-state index contributed by atoms with van der Waals surface area (Å²) in [6, 6.07) is 0. The van der Waals surface area contributed by atoms with Gasteiger partial charge in [0.15, 0.2) is 6.29 Å². The molecule has 0 heterocycles. The SMILES string of the molecule is CCCCCCCCCCCCC(C)OC(C)OP(=O)(O)O. The van der Waals surface area contributed by atoms with Crippen LogP contribution in [0.25, 0.3) is 0 Å². The van der Waals surface area contributed by atoms with Crippen molar-refractivity contribution < 1.29 is 23.6 Å². The molecule has 0 aliphatic heterocycles. The van der Waals surface area contributed by atoms with Crippen molar-refractivity contribution in [2.75, 3.05) is 0 Å². The summed E-state index contributed by atoms with van der Waals surface area (Å²) in [6.45, 7) is 5.66. The molecule has 0 saturated heterocycles. The van der Waals surface area contributed by atoms with E-state index in [-0.39, 0.29) is 6.10 Å². The smallest absolute Gasteiger partial charge is 0.349 e. The van der Waals surface area contributed by atoms with Crippen molar-refractivity contribution in [3.8, 4) is 0 Å². The topological polar surface area (TPSA) is 76.0 Å². The Morgan fingerprint density at radius 2 is 1.32 bits per heavy atom. The summed E-state index contributed by atoms with van der Waals surface area (Å²) >= 11 is 0. The van der Waals surface area contributed by atoms with Gasteiger partial charge in [0.2, 0.25) is 0 Å². The average Bonchev–Trinajstić information content (AvgIpc) is 2.38. The van der Waals surface area contributed by atoms with Gasteiger partial charge in [0, 0.05) is 0 Å². The molecule has 5 nitrogen and oxygen atoms in total. The lowest BCUT2D eigenvalue weighted by Gasteiger charge is -2.19. The zero-order valence-corrected chi connectivity index (χ0v) is 15.4. The van der Waals surface area contributed by atoms with Crippen LogP contribution in [-0.2, 0) is 13.8 Å². The fourth-order valence-corrected chi connectivity index (χ4v) is 2.97. The first-order chi connectivity index (χ1) is 10.3. The molecule has 0 bridgehead atoms. The Kier molecular flexibility index (Phi) is 13.5. The van der Waals surface area contributed by atoms with Crippen LogP contribution < -0.4 is 0 Å². The molecule has 0 aliphatic rings. The number of ether oxygens (including phenoxy) is 1. The van der Waals surface area contributed by atoms with Crippen LogP contribution in [0.5, 0.6) is 0 Å². The van der Waals surface area contributed by atoms with Gasteiger partial charge in [-0.1, -0.05) is 71.1 Å². The van der Waals surface area contributed by atoms with Gasteiger partial charge in [0.25, 0.3) is 0 Å². The van der Waals surface area contributed by atoms with Crippen LogP contribution in [-0.4, -0.2) is 22.2 Å². The standard InChI is InChI=1S/C16H35O5P/c1-4-5-6-7-8-9-10-11-12-13-14-15(2)20-16(3)21-22(17,18)19/h15-16H,4-14H2,1-3H3,(H2,17,18,19). The van der Waals surface area contributed by atoms with E-state index < -0.39 is 14.1 Å². The van der Waals surface area contributed by atoms with E-state index in [0.29, 0.717) is 0 Å². The summed E-state index contributed by atoms with van der Waals surface area (Å²) in [6.07, 6.45) is 12.9. The molecule has 134 valence electrons. The van der Waals surface area contributed by atoms with Gasteiger partial charge in [-0.05, 0) is 20.3 Å². The van der Waals surface area contributed by atoms with Crippen molar-refractivity contribution in [1.82, 2.24) is 0 Å². The minimum atomic E-state index is -4.46. The van der Waals surface area contributed by atoms with Crippen LogP contribution in [0.2, 0.25) is 0 Å². The number of hydrogen-bond acceptors (Lipinski definition) is 3. The van der Waals surface area contributed by atoms with Crippen molar-refractivity contribution in [3.63, 3.8) is 0 Å². The van der Waals surface area contributed by atoms with Gasteiger partial charge in [-0.2, -0.15) is 0 Å². The quantitative estimate of drug-likeness (QED) is 0.245. The Labute approximate surface area is 136 Å². The van der Waals surface area contributed by atoms with Crippen molar-refractivity contribution in [2.24, 2.45) is 0 Å². The van der Waals surface area contributed by atoms with E-state index in [9.17, 15) is 4.57 Å². The predicted molar refractivity (Wildman–Crippen MR) is 89.6 cm³/mol. The Bertz CT molecular complexity index is 292. The van der Waals surface area contributed by atoms with Crippen molar-refractivity contribution >= 4 is 7.82 Å². The number of hydrogen-bond donors (Lipinski definition) is 2. The van der Waals surface area contributed by atoms with Gasteiger partial charge >= 0.3 is 7.82 Å². The lowest BCUT2D eigenvalue weighted by atomic mass is 10.0. The molecular formula is C16H35O5P. The van der Waals surface area contributed by atoms with Gasteiger partial charge in [0.1, 0.15) is 0 Å². The Morgan fingerprint density at radius 1 is 0.864 bits per heavy atom. The Hall–Kier alpha value is 0.0700. The lowest BCUT2D eigenvalue weighted by Crippen LogP contribution is -2.19. The highest BCUT2D eigenvalue weighted by Gasteiger charge is 2.20. The van der Waals surface area contributed by atoms with Crippen LogP contribution in [0.15, 0.2) is 0 Å². The summed E-state index contributed by atoms with van der Waals surface area (Å²) in [5.41, 5.74) is 0. The summed E-state index contributed by atoms with van der Waals surface area (Å²) in [4.78, 5) is 17.3. The number of unbranched alkanes of at least 4 members (excludes halogenated alkanes) is 9. The zero-order chi connectivity index (χ0) is 16.8. The van der Waals surface area contributed by atoms with E-state index >= 15 is 0 Å². The Balaban J connectivity index is 3.38. The van der Waals surface area contributed by atoms with Crippen LogP contribution in [0, 0.1) is 0 Å². The summed E-state index contributed by atoms with van der Waals surface area (Å²) in [5, 5.41) is 0. The van der Waals surface area contributed by atoms with Gasteiger partial charge in [-0.3, -0.25) is 4.52 Å². The van der Waals surface area contributed by atoms with E-state index in [4.69, 9.17) is 14.5 Å². The molecule has 2 N–H and O–H groups in total. The van der Waals surface area contributed by atoms with Gasteiger partial charge in [0.05, 0.1) is 6.10 Å². The zero-order valence-electron chi connectivity index (χ0n) is 14.5. The van der Waals surface area contributed by atoms with Crippen molar-refractivity contribution in [2.45, 2.75) is 104 Å². The monoisotopic (exact) mass is 338 g/mol. The molecule has 0 aromatic heterocycles. The fraction of sp³-hybridized carbons (Fsp3) is 1.00. The van der Waals surface area contributed by atoms with E-state index in [1.165, 1.54) is 64.7 Å². The maximum atomic E-state index is 10.7. The molecule has 2 unspecified atom stereocenters. The van der Waals surface area contributed by atoms with Crippen molar-refractivity contribution in [3.05, 3.63) is 0 Å².